The monoisotopic (exact) mass is 396 g/mol. The summed E-state index contributed by atoms with van der Waals surface area (Å²) >= 11 is 3.58. The maximum atomic E-state index is 12.9. The third-order valence-electron chi connectivity index (χ3n) is 4.16. The average molecular weight is 397 g/mol. The predicted molar refractivity (Wildman–Crippen MR) is 88.4 cm³/mol. The van der Waals surface area contributed by atoms with Gasteiger partial charge >= 0.3 is 0 Å². The number of halogens is 1. The summed E-state index contributed by atoms with van der Waals surface area (Å²) in [5, 5.41) is 0.586. The van der Waals surface area contributed by atoms with Crippen LogP contribution in [-0.2, 0) is 18.5 Å². The Morgan fingerprint density at radius 3 is 2.82 bits per heavy atom. The van der Waals surface area contributed by atoms with Crippen molar-refractivity contribution in [3.05, 3.63) is 9.80 Å². The lowest BCUT2D eigenvalue weighted by molar-refractivity contribution is -0.219. The van der Waals surface area contributed by atoms with Crippen LogP contribution in [0.25, 0.3) is 0 Å². The van der Waals surface area contributed by atoms with Gasteiger partial charge in [-0.25, -0.2) is 4.52 Å². The lowest BCUT2D eigenvalue weighted by Crippen LogP contribution is -2.27. The second-order valence-electron chi connectivity index (χ2n) is 5.97. The molecule has 2 heterocycles. The number of unbranched alkanes of at least 4 members (excludes halogenated alkanes) is 1. The van der Waals surface area contributed by atoms with Gasteiger partial charge in [0.05, 0.1) is 11.6 Å². The van der Waals surface area contributed by atoms with Crippen molar-refractivity contribution in [1.29, 1.82) is 0 Å². The minimum atomic E-state index is -3.29. The highest BCUT2D eigenvalue weighted by molar-refractivity contribution is 9.11. The molecule has 2 aliphatic heterocycles. The third kappa shape index (κ3) is 4.10. The summed E-state index contributed by atoms with van der Waals surface area (Å²) in [5.74, 6) is 0. The molecule has 0 aromatic rings. The summed E-state index contributed by atoms with van der Waals surface area (Å²) in [6.45, 7) is 4.99. The van der Waals surface area contributed by atoms with Gasteiger partial charge in [-0.2, -0.15) is 4.52 Å². The van der Waals surface area contributed by atoms with Gasteiger partial charge in [-0.15, -0.1) is 0 Å². The van der Waals surface area contributed by atoms with Crippen molar-refractivity contribution in [3.8, 4) is 0 Å². The number of ether oxygens (including phenoxy) is 2. The molecule has 0 aliphatic carbocycles. The van der Waals surface area contributed by atoms with E-state index in [1.54, 1.807) is 0 Å². The number of hydrogen-bond acceptors (Lipinski definition) is 5. The quantitative estimate of drug-likeness (QED) is 0.611. The van der Waals surface area contributed by atoms with E-state index in [4.69, 9.17) is 18.5 Å². The topological polar surface area (TPSA) is 60.0 Å². The van der Waals surface area contributed by atoms with E-state index in [0.717, 1.165) is 49.6 Å². The van der Waals surface area contributed by atoms with Crippen molar-refractivity contribution in [2.24, 2.45) is 0 Å². The highest BCUT2D eigenvalue weighted by Gasteiger charge is 2.55. The molecule has 2 aliphatic rings. The van der Waals surface area contributed by atoms with E-state index in [1.807, 2.05) is 6.92 Å². The minimum absolute atomic E-state index is 0.206. The zero-order valence-corrected chi connectivity index (χ0v) is 16.1. The maximum absolute atomic E-state index is 12.9. The standard InChI is InChI=1S/C15H26BrO5P/c1-4-5-9-15(2)14(16)12(22(17,18-3)21-15)11-20-13-8-6-7-10-19-13/h13H,4-11H2,1-3H3. The highest BCUT2D eigenvalue weighted by Crippen LogP contribution is 2.70. The van der Waals surface area contributed by atoms with E-state index in [-0.39, 0.29) is 12.9 Å². The Morgan fingerprint density at radius 1 is 1.45 bits per heavy atom. The fourth-order valence-corrected chi connectivity index (χ4v) is 5.76. The van der Waals surface area contributed by atoms with Crippen LogP contribution in [0.15, 0.2) is 9.80 Å². The Morgan fingerprint density at radius 2 is 2.23 bits per heavy atom. The normalized spacial score (nSPS) is 36.1. The fraction of sp³-hybridized carbons (Fsp3) is 0.867. The molecule has 22 heavy (non-hydrogen) atoms. The zero-order valence-electron chi connectivity index (χ0n) is 13.6. The molecule has 0 amide bonds. The molecule has 0 aromatic carbocycles. The smallest absolute Gasteiger partial charge is 0.271 e. The molecule has 1 saturated heterocycles. The first-order chi connectivity index (χ1) is 10.4. The SMILES string of the molecule is CCCCC1(C)O[P+]([O-])(OC)C(COC2CCCCO2)=C1Br. The van der Waals surface area contributed by atoms with Crippen LogP contribution in [-0.4, -0.2) is 32.2 Å². The van der Waals surface area contributed by atoms with Crippen LogP contribution < -0.4 is 4.89 Å². The molecule has 0 aromatic heterocycles. The zero-order chi connectivity index (χ0) is 16.2. The Hall–Kier alpha value is 0.450. The van der Waals surface area contributed by atoms with Crippen LogP contribution >= 0.6 is 23.9 Å². The second-order valence-corrected chi connectivity index (χ2v) is 8.85. The van der Waals surface area contributed by atoms with E-state index < -0.39 is 13.5 Å². The Bertz CT molecular complexity index is 413. The molecule has 0 radical (unpaired) electrons. The lowest BCUT2D eigenvalue weighted by atomic mass is 9.99. The number of hydrogen-bond donors (Lipinski definition) is 0. The minimum Gasteiger partial charge on any atom is -0.627 e. The number of rotatable bonds is 7. The van der Waals surface area contributed by atoms with Crippen LogP contribution in [0.5, 0.6) is 0 Å². The first-order valence-corrected chi connectivity index (χ1v) is 10.3. The molecular formula is C15H26BrO5P. The summed E-state index contributed by atoms with van der Waals surface area (Å²) < 4.78 is 23.2. The molecule has 3 unspecified atom stereocenters. The average Bonchev–Trinajstić information content (AvgIpc) is 2.72. The predicted octanol–water partition coefficient (Wildman–Crippen LogP) is 3.88. The summed E-state index contributed by atoms with van der Waals surface area (Å²) in [5.41, 5.74) is -0.604. The molecule has 0 bridgehead atoms. The van der Waals surface area contributed by atoms with Crippen molar-refractivity contribution in [2.75, 3.05) is 20.3 Å². The molecule has 0 spiro atoms. The van der Waals surface area contributed by atoms with E-state index in [9.17, 15) is 4.89 Å². The van der Waals surface area contributed by atoms with Crippen LogP contribution in [0, 0.1) is 0 Å². The Kier molecular flexibility index (Phi) is 6.85. The van der Waals surface area contributed by atoms with Gasteiger partial charge in [0.25, 0.3) is 7.94 Å². The second kappa shape index (κ2) is 8.02. The van der Waals surface area contributed by atoms with Gasteiger partial charge in [0.15, 0.2) is 11.6 Å². The van der Waals surface area contributed by atoms with Crippen molar-refractivity contribution in [1.82, 2.24) is 0 Å². The molecule has 1 fully saturated rings. The summed E-state index contributed by atoms with van der Waals surface area (Å²) in [4.78, 5) is 12.9. The van der Waals surface area contributed by atoms with Crippen molar-refractivity contribution < 1.29 is 23.4 Å². The van der Waals surface area contributed by atoms with E-state index in [0.29, 0.717) is 5.31 Å². The maximum Gasteiger partial charge on any atom is 0.271 e. The molecule has 0 N–H and O–H groups in total. The van der Waals surface area contributed by atoms with Crippen LogP contribution in [0.3, 0.4) is 0 Å². The van der Waals surface area contributed by atoms with Crippen molar-refractivity contribution >= 4 is 23.9 Å². The van der Waals surface area contributed by atoms with E-state index >= 15 is 0 Å². The molecular weight excluding hydrogens is 371 g/mol. The highest BCUT2D eigenvalue weighted by atomic mass is 79.9. The van der Waals surface area contributed by atoms with Gasteiger partial charge in [-0.05, 0) is 48.5 Å². The van der Waals surface area contributed by atoms with Gasteiger partial charge in [0, 0.05) is 6.61 Å². The summed E-state index contributed by atoms with van der Waals surface area (Å²) in [7, 11) is -1.87. The lowest BCUT2D eigenvalue weighted by Gasteiger charge is -2.28. The first kappa shape index (κ1) is 18.8. The summed E-state index contributed by atoms with van der Waals surface area (Å²) in [6.07, 6.45) is 5.65. The largest absolute Gasteiger partial charge is 0.627 e. The third-order valence-corrected chi connectivity index (χ3v) is 7.92. The molecule has 3 atom stereocenters. The van der Waals surface area contributed by atoms with Crippen LogP contribution in [0.2, 0.25) is 0 Å². The molecule has 2 rings (SSSR count). The van der Waals surface area contributed by atoms with E-state index in [2.05, 4.69) is 22.9 Å². The van der Waals surface area contributed by atoms with Crippen molar-refractivity contribution in [2.45, 2.75) is 64.3 Å². The molecule has 0 saturated carbocycles. The van der Waals surface area contributed by atoms with Gasteiger partial charge in [0.1, 0.15) is 12.2 Å². The first-order valence-electron chi connectivity index (χ1n) is 7.94. The van der Waals surface area contributed by atoms with Crippen LogP contribution in [0.1, 0.15) is 52.4 Å². The van der Waals surface area contributed by atoms with Gasteiger partial charge in [-0.3, -0.25) is 0 Å². The van der Waals surface area contributed by atoms with Crippen LogP contribution in [0.4, 0.5) is 0 Å². The molecule has 7 heteroatoms. The molecule has 5 nitrogen and oxygen atoms in total. The Balaban J connectivity index is 2.08. The molecule has 128 valence electrons. The Labute approximate surface area is 142 Å². The van der Waals surface area contributed by atoms with Crippen molar-refractivity contribution in [3.63, 3.8) is 0 Å². The van der Waals surface area contributed by atoms with Gasteiger partial charge in [-0.1, -0.05) is 19.8 Å². The van der Waals surface area contributed by atoms with E-state index in [1.165, 1.54) is 7.11 Å². The van der Waals surface area contributed by atoms with Gasteiger partial charge < -0.3 is 14.4 Å². The van der Waals surface area contributed by atoms with Gasteiger partial charge in [0.2, 0.25) is 0 Å². The fourth-order valence-electron chi connectivity index (χ4n) is 2.76. The summed E-state index contributed by atoms with van der Waals surface area (Å²) in [6, 6.07) is 0.